The number of rotatable bonds is 2. The van der Waals surface area contributed by atoms with Crippen LogP contribution in [0.4, 0.5) is 0 Å². The Labute approximate surface area is 91.3 Å². The smallest absolute Gasteiger partial charge is 0.150 e. The molecule has 0 aromatic heterocycles. The van der Waals surface area contributed by atoms with Gasteiger partial charge in [-0.2, -0.15) is 0 Å². The molecule has 1 fully saturated rings. The molecule has 1 aliphatic carbocycles. The first-order valence-corrected chi connectivity index (χ1v) is 5.68. The van der Waals surface area contributed by atoms with Crippen LogP contribution >= 0.6 is 0 Å². The Hall–Kier alpha value is -0.380. The molecule has 0 aromatic carbocycles. The minimum absolute atomic E-state index is 0.171. The monoisotopic (exact) mass is 212 g/mol. The fraction of sp³-hybridized carbons (Fsp3) is 0.833. The molecule has 0 radical (unpaired) electrons. The summed E-state index contributed by atoms with van der Waals surface area (Å²) in [6.45, 7) is 6.73. The van der Waals surface area contributed by atoms with Crippen LogP contribution < -0.4 is 0 Å². The minimum atomic E-state index is -0.328. The molecule has 2 aliphatic rings. The summed E-state index contributed by atoms with van der Waals surface area (Å²) in [6, 6.07) is 0. The first-order chi connectivity index (χ1) is 7.02. The van der Waals surface area contributed by atoms with Crippen molar-refractivity contribution in [1.29, 1.82) is 0 Å². The first-order valence-electron chi connectivity index (χ1n) is 5.68. The van der Waals surface area contributed by atoms with Crippen molar-refractivity contribution in [3.8, 4) is 0 Å². The molecule has 0 amide bonds. The van der Waals surface area contributed by atoms with E-state index < -0.39 is 0 Å². The van der Waals surface area contributed by atoms with Gasteiger partial charge in [-0.3, -0.25) is 0 Å². The molecule has 2 atom stereocenters. The van der Waals surface area contributed by atoms with Crippen LogP contribution in [0.25, 0.3) is 0 Å². The second kappa shape index (κ2) is 3.89. The third kappa shape index (κ3) is 2.41. The van der Waals surface area contributed by atoms with Crippen LogP contribution in [0.15, 0.2) is 12.2 Å². The van der Waals surface area contributed by atoms with Crippen LogP contribution in [-0.4, -0.2) is 23.9 Å². The van der Waals surface area contributed by atoms with Gasteiger partial charge in [0.05, 0.1) is 18.3 Å². The molecule has 0 unspecified atom stereocenters. The number of hydrogen-bond donors (Lipinski definition) is 0. The summed E-state index contributed by atoms with van der Waals surface area (Å²) in [5.41, 5.74) is -0.599. The largest absolute Gasteiger partial charge is 0.375 e. The average Bonchev–Trinajstić information content (AvgIpc) is 2.57. The van der Waals surface area contributed by atoms with Gasteiger partial charge in [0.1, 0.15) is 5.60 Å². The highest BCUT2D eigenvalue weighted by Crippen LogP contribution is 2.38. The highest BCUT2D eigenvalue weighted by molar-refractivity contribution is 5.13. The molecule has 0 aromatic rings. The summed E-state index contributed by atoms with van der Waals surface area (Å²) < 4.78 is 5.67. The Balaban J connectivity index is 2.03. The third-order valence-electron chi connectivity index (χ3n) is 2.80. The van der Waals surface area contributed by atoms with Gasteiger partial charge in [-0.25, -0.2) is 9.78 Å². The molecule has 0 spiro atoms. The van der Waals surface area contributed by atoms with Crippen molar-refractivity contribution in [1.82, 2.24) is 0 Å². The molecular weight excluding hydrogens is 192 g/mol. The zero-order valence-corrected chi connectivity index (χ0v) is 9.79. The Kier molecular flexibility index (Phi) is 2.88. The highest BCUT2D eigenvalue weighted by Gasteiger charge is 2.46. The lowest BCUT2D eigenvalue weighted by Gasteiger charge is -2.34. The first kappa shape index (κ1) is 11.1. The van der Waals surface area contributed by atoms with E-state index in [1.54, 1.807) is 0 Å². The Morgan fingerprint density at radius 2 is 2.20 bits per heavy atom. The number of hydrogen-bond acceptors (Lipinski definition) is 3. The molecule has 2 rings (SSSR count). The fourth-order valence-corrected chi connectivity index (χ4v) is 2.04. The van der Waals surface area contributed by atoms with E-state index in [0.717, 1.165) is 25.9 Å². The van der Waals surface area contributed by atoms with Crippen molar-refractivity contribution in [3.05, 3.63) is 12.2 Å². The van der Waals surface area contributed by atoms with Crippen molar-refractivity contribution in [2.75, 3.05) is 6.61 Å². The molecule has 3 heteroatoms. The molecule has 0 bridgehead atoms. The maximum Gasteiger partial charge on any atom is 0.150 e. The van der Waals surface area contributed by atoms with Gasteiger partial charge in [0.25, 0.3) is 0 Å². The van der Waals surface area contributed by atoms with E-state index in [-0.39, 0.29) is 17.3 Å². The van der Waals surface area contributed by atoms with E-state index in [0.29, 0.717) is 0 Å². The minimum Gasteiger partial charge on any atom is -0.375 e. The van der Waals surface area contributed by atoms with Crippen molar-refractivity contribution in [2.24, 2.45) is 0 Å². The lowest BCUT2D eigenvalue weighted by molar-refractivity contribution is -0.399. The quantitative estimate of drug-likeness (QED) is 0.400. The van der Waals surface area contributed by atoms with Gasteiger partial charge < -0.3 is 4.74 Å². The molecule has 86 valence electrons. The van der Waals surface area contributed by atoms with E-state index in [9.17, 15) is 0 Å². The van der Waals surface area contributed by atoms with Crippen LogP contribution in [0.3, 0.4) is 0 Å². The van der Waals surface area contributed by atoms with Gasteiger partial charge in [0.15, 0.2) is 0 Å². The van der Waals surface area contributed by atoms with Gasteiger partial charge >= 0.3 is 0 Å². The predicted molar refractivity (Wildman–Crippen MR) is 57.4 cm³/mol. The van der Waals surface area contributed by atoms with E-state index in [4.69, 9.17) is 14.5 Å². The Bertz CT molecular complexity index is 254. The van der Waals surface area contributed by atoms with Gasteiger partial charge in [-0.05, 0) is 33.6 Å². The number of allylic oxidation sites excluding steroid dienone is 1. The summed E-state index contributed by atoms with van der Waals surface area (Å²) in [5, 5.41) is 0. The summed E-state index contributed by atoms with van der Waals surface area (Å²) in [4.78, 5) is 11.1. The average molecular weight is 212 g/mol. The highest BCUT2D eigenvalue weighted by atomic mass is 17.2. The normalized spacial score (nSPS) is 35.5. The standard InChI is InChI=1S/C12H20O3/c1-11(2,3)14-15-12-7-5-4-6-10(12)13-9-8-12/h5,7,10H,4,6,8-9H2,1-3H3/t10-,12+/m1/s1. The fourth-order valence-electron chi connectivity index (χ4n) is 2.04. The van der Waals surface area contributed by atoms with Crippen LogP contribution in [0.5, 0.6) is 0 Å². The van der Waals surface area contributed by atoms with Crippen LogP contribution in [0.1, 0.15) is 40.0 Å². The van der Waals surface area contributed by atoms with Gasteiger partial charge in [-0.15, -0.1) is 0 Å². The lowest BCUT2D eigenvalue weighted by Crippen LogP contribution is -2.42. The van der Waals surface area contributed by atoms with Gasteiger partial charge in [-0.1, -0.05) is 12.2 Å². The Morgan fingerprint density at radius 3 is 2.93 bits per heavy atom. The second-order valence-corrected chi connectivity index (χ2v) is 5.32. The van der Waals surface area contributed by atoms with Gasteiger partial charge in [0, 0.05) is 6.42 Å². The zero-order valence-electron chi connectivity index (χ0n) is 9.79. The summed E-state index contributed by atoms with van der Waals surface area (Å²) in [7, 11) is 0. The number of ether oxygens (including phenoxy) is 1. The molecule has 15 heavy (non-hydrogen) atoms. The summed E-state index contributed by atoms with van der Waals surface area (Å²) >= 11 is 0. The van der Waals surface area contributed by atoms with Crippen molar-refractivity contribution < 1.29 is 14.5 Å². The lowest BCUT2D eigenvalue weighted by atomic mass is 9.88. The van der Waals surface area contributed by atoms with Crippen molar-refractivity contribution in [3.63, 3.8) is 0 Å². The SMILES string of the molecule is CC(C)(C)OO[C@]12C=CCC[C@H]1OCC2. The van der Waals surface area contributed by atoms with Crippen molar-refractivity contribution >= 4 is 0 Å². The number of fused-ring (bicyclic) bond motifs is 1. The maximum absolute atomic E-state index is 5.67. The van der Waals surface area contributed by atoms with E-state index in [2.05, 4.69) is 12.2 Å². The van der Waals surface area contributed by atoms with Crippen LogP contribution in [0.2, 0.25) is 0 Å². The third-order valence-corrected chi connectivity index (χ3v) is 2.80. The van der Waals surface area contributed by atoms with Crippen LogP contribution in [0, 0.1) is 0 Å². The molecule has 0 saturated carbocycles. The molecular formula is C12H20O3. The predicted octanol–water partition coefficient (Wildman–Crippen LogP) is 2.61. The second-order valence-electron chi connectivity index (χ2n) is 5.32. The maximum atomic E-state index is 5.67. The van der Waals surface area contributed by atoms with E-state index in [1.807, 2.05) is 20.8 Å². The Morgan fingerprint density at radius 1 is 1.40 bits per heavy atom. The molecule has 1 heterocycles. The van der Waals surface area contributed by atoms with Crippen LogP contribution in [-0.2, 0) is 14.5 Å². The van der Waals surface area contributed by atoms with E-state index >= 15 is 0 Å². The molecule has 3 nitrogen and oxygen atoms in total. The van der Waals surface area contributed by atoms with Gasteiger partial charge in [0.2, 0.25) is 0 Å². The molecule has 1 saturated heterocycles. The summed E-state index contributed by atoms with van der Waals surface area (Å²) in [5.74, 6) is 0. The summed E-state index contributed by atoms with van der Waals surface area (Å²) in [6.07, 6.45) is 7.45. The van der Waals surface area contributed by atoms with E-state index in [1.165, 1.54) is 0 Å². The molecule has 0 N–H and O–H groups in total. The zero-order chi connectivity index (χ0) is 10.9. The van der Waals surface area contributed by atoms with Crippen molar-refractivity contribution in [2.45, 2.75) is 57.3 Å². The molecule has 1 aliphatic heterocycles. The topological polar surface area (TPSA) is 27.7 Å².